The van der Waals surface area contributed by atoms with Crippen molar-refractivity contribution in [2.24, 2.45) is 7.05 Å². The molecule has 0 saturated carbocycles. The van der Waals surface area contributed by atoms with E-state index in [9.17, 15) is 9.18 Å². The van der Waals surface area contributed by atoms with Crippen molar-refractivity contribution in [2.45, 2.75) is 20.0 Å². The maximum Gasteiger partial charge on any atom is 0.311 e. The van der Waals surface area contributed by atoms with Gasteiger partial charge in [-0.1, -0.05) is 22.9 Å². The van der Waals surface area contributed by atoms with Crippen LogP contribution in [0, 0.1) is 12.7 Å². The standard InChI is InChI=1S/C20H16ClFN4O2S/c1-11-18(29-20(23-11)14-5-4-13(22)8-15(14)21)9-19(27)28-10-12-3-6-17-16(7-12)24-25-26(17)2/h3-8H,9-10H2,1-2H3. The van der Waals surface area contributed by atoms with Gasteiger partial charge in [0.1, 0.15) is 22.9 Å². The van der Waals surface area contributed by atoms with Crippen LogP contribution in [0.4, 0.5) is 4.39 Å². The molecule has 0 aliphatic rings. The molecule has 0 atom stereocenters. The minimum Gasteiger partial charge on any atom is -0.461 e. The predicted molar refractivity (Wildman–Crippen MR) is 109 cm³/mol. The number of fused-ring (bicyclic) bond motifs is 1. The summed E-state index contributed by atoms with van der Waals surface area (Å²) in [5.41, 5.74) is 3.86. The molecule has 0 N–H and O–H groups in total. The molecule has 6 nitrogen and oxygen atoms in total. The fourth-order valence-corrected chi connectivity index (χ4v) is 4.29. The van der Waals surface area contributed by atoms with Gasteiger partial charge in [0.2, 0.25) is 0 Å². The quantitative estimate of drug-likeness (QED) is 0.436. The number of carbonyl (C=O) groups is 1. The fraction of sp³-hybridized carbons (Fsp3) is 0.200. The van der Waals surface area contributed by atoms with E-state index in [0.29, 0.717) is 10.6 Å². The van der Waals surface area contributed by atoms with E-state index in [-0.39, 0.29) is 24.0 Å². The van der Waals surface area contributed by atoms with E-state index < -0.39 is 5.82 Å². The Hall–Kier alpha value is -2.84. The average molecular weight is 431 g/mol. The summed E-state index contributed by atoms with van der Waals surface area (Å²) in [5, 5.41) is 8.95. The molecule has 0 aliphatic heterocycles. The normalized spacial score (nSPS) is 11.2. The van der Waals surface area contributed by atoms with Crippen LogP contribution < -0.4 is 0 Å². The second-order valence-electron chi connectivity index (χ2n) is 6.53. The van der Waals surface area contributed by atoms with E-state index in [2.05, 4.69) is 15.3 Å². The molecule has 0 unspecified atom stereocenters. The Labute approximate surface area is 174 Å². The summed E-state index contributed by atoms with van der Waals surface area (Å²) >= 11 is 7.46. The van der Waals surface area contributed by atoms with Crippen molar-refractivity contribution < 1.29 is 13.9 Å². The van der Waals surface area contributed by atoms with E-state index in [1.165, 1.54) is 23.5 Å². The number of esters is 1. The van der Waals surface area contributed by atoms with Crippen molar-refractivity contribution in [1.82, 2.24) is 20.0 Å². The molecule has 2 heterocycles. The first-order valence-corrected chi connectivity index (χ1v) is 9.96. The zero-order valence-electron chi connectivity index (χ0n) is 15.6. The molecule has 2 aromatic heterocycles. The van der Waals surface area contributed by atoms with Crippen molar-refractivity contribution in [3.05, 3.63) is 63.4 Å². The minimum atomic E-state index is -0.407. The molecule has 0 bridgehead atoms. The highest BCUT2D eigenvalue weighted by Crippen LogP contribution is 2.33. The first-order valence-electron chi connectivity index (χ1n) is 8.76. The molecule has 0 fully saturated rings. The predicted octanol–water partition coefficient (Wildman–Crippen LogP) is 4.48. The third kappa shape index (κ3) is 4.13. The first-order chi connectivity index (χ1) is 13.9. The van der Waals surface area contributed by atoms with Gasteiger partial charge in [-0.2, -0.15) is 0 Å². The van der Waals surface area contributed by atoms with Gasteiger partial charge < -0.3 is 4.74 Å². The van der Waals surface area contributed by atoms with Crippen LogP contribution in [0.1, 0.15) is 16.1 Å². The highest BCUT2D eigenvalue weighted by Gasteiger charge is 2.16. The number of benzene rings is 2. The van der Waals surface area contributed by atoms with Crippen molar-refractivity contribution in [3.63, 3.8) is 0 Å². The summed E-state index contributed by atoms with van der Waals surface area (Å²) < 4.78 is 20.4. The number of halogens is 2. The summed E-state index contributed by atoms with van der Waals surface area (Å²) in [6.07, 6.45) is 0.107. The Kier molecular flexibility index (Phi) is 5.29. The third-order valence-corrected chi connectivity index (χ3v) is 5.94. The van der Waals surface area contributed by atoms with Gasteiger partial charge in [0.25, 0.3) is 0 Å². The molecule has 0 aliphatic carbocycles. The Morgan fingerprint density at radius 2 is 2.10 bits per heavy atom. The van der Waals surface area contributed by atoms with Gasteiger partial charge in [-0.3, -0.25) is 4.79 Å². The number of thiazole rings is 1. The van der Waals surface area contributed by atoms with Gasteiger partial charge in [0.15, 0.2) is 0 Å². The Morgan fingerprint density at radius 1 is 1.28 bits per heavy atom. The third-order valence-electron chi connectivity index (χ3n) is 4.43. The monoisotopic (exact) mass is 430 g/mol. The first kappa shape index (κ1) is 19.5. The number of nitrogens with zero attached hydrogens (tertiary/aromatic N) is 4. The van der Waals surface area contributed by atoms with E-state index in [1.54, 1.807) is 10.7 Å². The summed E-state index contributed by atoms with van der Waals surface area (Å²) in [6, 6.07) is 9.79. The van der Waals surface area contributed by atoms with Gasteiger partial charge in [-0.15, -0.1) is 16.4 Å². The lowest BCUT2D eigenvalue weighted by atomic mass is 10.2. The molecule has 4 aromatic rings. The van der Waals surface area contributed by atoms with Gasteiger partial charge in [0, 0.05) is 17.5 Å². The highest BCUT2D eigenvalue weighted by atomic mass is 35.5. The molecule has 0 amide bonds. The molecule has 4 rings (SSSR count). The van der Waals surface area contributed by atoms with E-state index in [0.717, 1.165) is 27.2 Å². The summed E-state index contributed by atoms with van der Waals surface area (Å²) in [4.78, 5) is 17.6. The van der Waals surface area contributed by atoms with Crippen molar-refractivity contribution in [1.29, 1.82) is 0 Å². The highest BCUT2D eigenvalue weighted by molar-refractivity contribution is 7.15. The van der Waals surface area contributed by atoms with Crippen LogP contribution in [0.5, 0.6) is 0 Å². The van der Waals surface area contributed by atoms with Gasteiger partial charge in [-0.05, 0) is 42.8 Å². The number of rotatable bonds is 5. The van der Waals surface area contributed by atoms with Crippen LogP contribution in [0.25, 0.3) is 21.6 Å². The smallest absolute Gasteiger partial charge is 0.311 e. The van der Waals surface area contributed by atoms with Gasteiger partial charge in [-0.25, -0.2) is 14.1 Å². The van der Waals surface area contributed by atoms with Crippen LogP contribution >= 0.6 is 22.9 Å². The lowest BCUT2D eigenvalue weighted by Gasteiger charge is -2.04. The van der Waals surface area contributed by atoms with E-state index >= 15 is 0 Å². The van der Waals surface area contributed by atoms with Crippen LogP contribution in [0.15, 0.2) is 36.4 Å². The molecule has 29 heavy (non-hydrogen) atoms. The number of aromatic nitrogens is 4. The summed E-state index contributed by atoms with van der Waals surface area (Å²) in [5.74, 6) is -0.761. The van der Waals surface area contributed by atoms with Gasteiger partial charge >= 0.3 is 5.97 Å². The molecular weight excluding hydrogens is 415 g/mol. The molecule has 9 heteroatoms. The minimum absolute atomic E-state index is 0.107. The summed E-state index contributed by atoms with van der Waals surface area (Å²) in [6.45, 7) is 1.97. The molecule has 0 radical (unpaired) electrons. The van der Waals surface area contributed by atoms with Crippen molar-refractivity contribution >= 4 is 39.9 Å². The zero-order valence-corrected chi connectivity index (χ0v) is 17.2. The maximum atomic E-state index is 13.3. The second-order valence-corrected chi connectivity index (χ2v) is 8.02. The molecule has 0 saturated heterocycles. The molecular formula is C20H16ClFN4O2S. The fourth-order valence-electron chi connectivity index (χ4n) is 2.89. The van der Waals surface area contributed by atoms with E-state index in [4.69, 9.17) is 16.3 Å². The second kappa shape index (κ2) is 7.88. The molecule has 148 valence electrons. The lowest BCUT2D eigenvalue weighted by Crippen LogP contribution is -2.07. The average Bonchev–Trinajstić information content (AvgIpc) is 3.23. The number of carbonyl (C=O) groups excluding carboxylic acids is 1. The van der Waals surface area contributed by atoms with Gasteiger partial charge in [0.05, 0.1) is 22.7 Å². The van der Waals surface area contributed by atoms with Crippen molar-refractivity contribution in [2.75, 3.05) is 0 Å². The zero-order chi connectivity index (χ0) is 20.5. The summed E-state index contributed by atoms with van der Waals surface area (Å²) in [7, 11) is 1.82. The Balaban J connectivity index is 1.43. The Morgan fingerprint density at radius 3 is 2.90 bits per heavy atom. The van der Waals surface area contributed by atoms with Crippen LogP contribution in [-0.2, 0) is 29.6 Å². The number of aryl methyl sites for hydroxylation is 2. The Bertz CT molecular complexity index is 1220. The maximum absolute atomic E-state index is 13.3. The SMILES string of the molecule is Cc1nc(-c2ccc(F)cc2Cl)sc1CC(=O)OCc1ccc2c(c1)nnn2C. The number of hydrogen-bond acceptors (Lipinski definition) is 6. The van der Waals surface area contributed by atoms with Crippen LogP contribution in [-0.4, -0.2) is 25.9 Å². The van der Waals surface area contributed by atoms with Crippen LogP contribution in [0.2, 0.25) is 5.02 Å². The van der Waals surface area contributed by atoms with Crippen molar-refractivity contribution in [3.8, 4) is 10.6 Å². The largest absolute Gasteiger partial charge is 0.461 e. The number of ether oxygens (including phenoxy) is 1. The van der Waals surface area contributed by atoms with E-state index in [1.807, 2.05) is 32.2 Å². The van der Waals surface area contributed by atoms with Crippen LogP contribution in [0.3, 0.4) is 0 Å². The molecule has 0 spiro atoms. The lowest BCUT2D eigenvalue weighted by molar-refractivity contribution is -0.144. The molecule has 2 aromatic carbocycles. The number of hydrogen-bond donors (Lipinski definition) is 0. The topological polar surface area (TPSA) is 69.9 Å².